The summed E-state index contributed by atoms with van der Waals surface area (Å²) >= 11 is 0. The SMILES string of the molecule is CCCNC1CCCCCCCCCCC1OCC1CC1. The van der Waals surface area contributed by atoms with Crippen LogP contribution in [0, 0.1) is 5.92 Å². The van der Waals surface area contributed by atoms with Crippen molar-refractivity contribution in [3.05, 3.63) is 0 Å². The van der Waals surface area contributed by atoms with Crippen LogP contribution in [0.5, 0.6) is 0 Å². The highest BCUT2D eigenvalue weighted by molar-refractivity contribution is 4.80. The van der Waals surface area contributed by atoms with Crippen molar-refractivity contribution in [3.63, 3.8) is 0 Å². The number of ether oxygens (including phenoxy) is 1. The summed E-state index contributed by atoms with van der Waals surface area (Å²) in [4.78, 5) is 0. The molecule has 2 nitrogen and oxygen atoms in total. The third-order valence-electron chi connectivity index (χ3n) is 5.10. The largest absolute Gasteiger partial charge is 0.376 e. The molecule has 21 heavy (non-hydrogen) atoms. The number of hydrogen-bond donors (Lipinski definition) is 1. The smallest absolute Gasteiger partial charge is 0.0728 e. The Morgan fingerprint density at radius 3 is 2.05 bits per heavy atom. The van der Waals surface area contributed by atoms with Crippen molar-refractivity contribution >= 4 is 0 Å². The van der Waals surface area contributed by atoms with Crippen LogP contribution in [0.4, 0.5) is 0 Å². The van der Waals surface area contributed by atoms with Gasteiger partial charge in [0.25, 0.3) is 0 Å². The van der Waals surface area contributed by atoms with Gasteiger partial charge in [-0.2, -0.15) is 0 Å². The molecule has 2 saturated carbocycles. The van der Waals surface area contributed by atoms with E-state index in [9.17, 15) is 0 Å². The number of hydrogen-bond acceptors (Lipinski definition) is 2. The lowest BCUT2D eigenvalue weighted by atomic mass is 9.95. The van der Waals surface area contributed by atoms with E-state index in [-0.39, 0.29) is 0 Å². The lowest BCUT2D eigenvalue weighted by Crippen LogP contribution is -2.42. The van der Waals surface area contributed by atoms with Crippen LogP contribution >= 0.6 is 0 Å². The van der Waals surface area contributed by atoms with Gasteiger partial charge in [0, 0.05) is 12.6 Å². The van der Waals surface area contributed by atoms with Crippen LogP contribution in [0.2, 0.25) is 0 Å². The molecule has 2 atom stereocenters. The van der Waals surface area contributed by atoms with E-state index in [0.29, 0.717) is 12.1 Å². The summed E-state index contributed by atoms with van der Waals surface area (Å²) in [7, 11) is 0. The number of nitrogens with one attached hydrogen (secondary N) is 1. The molecule has 0 saturated heterocycles. The topological polar surface area (TPSA) is 21.3 Å². The van der Waals surface area contributed by atoms with Gasteiger partial charge in [0.15, 0.2) is 0 Å². The average molecular weight is 296 g/mol. The molecular weight excluding hydrogens is 258 g/mol. The van der Waals surface area contributed by atoms with E-state index >= 15 is 0 Å². The first-order valence-corrected chi connectivity index (χ1v) is 9.75. The highest BCUT2D eigenvalue weighted by Gasteiger charge is 2.26. The first-order valence-electron chi connectivity index (χ1n) is 9.75. The third-order valence-corrected chi connectivity index (χ3v) is 5.10. The predicted molar refractivity (Wildman–Crippen MR) is 90.7 cm³/mol. The summed E-state index contributed by atoms with van der Waals surface area (Å²) in [6.45, 7) is 4.44. The normalized spacial score (nSPS) is 29.6. The fourth-order valence-corrected chi connectivity index (χ4v) is 3.46. The van der Waals surface area contributed by atoms with Crippen molar-refractivity contribution in [2.24, 2.45) is 5.92 Å². The molecular formula is C19H37NO. The van der Waals surface area contributed by atoms with Crippen LogP contribution in [-0.2, 0) is 4.74 Å². The van der Waals surface area contributed by atoms with Crippen molar-refractivity contribution in [2.45, 2.75) is 103 Å². The van der Waals surface area contributed by atoms with Gasteiger partial charge in [-0.15, -0.1) is 0 Å². The fraction of sp³-hybridized carbons (Fsp3) is 1.00. The summed E-state index contributed by atoms with van der Waals surface area (Å²) in [5.74, 6) is 0.887. The quantitative estimate of drug-likeness (QED) is 0.739. The molecule has 0 amide bonds. The first-order chi connectivity index (χ1) is 10.4. The fourth-order valence-electron chi connectivity index (χ4n) is 3.46. The Labute approximate surface area is 132 Å². The zero-order valence-corrected chi connectivity index (χ0v) is 14.2. The Kier molecular flexibility index (Phi) is 8.73. The second-order valence-corrected chi connectivity index (χ2v) is 7.28. The van der Waals surface area contributed by atoms with E-state index in [1.165, 1.54) is 83.5 Å². The van der Waals surface area contributed by atoms with E-state index in [4.69, 9.17) is 4.74 Å². The molecule has 0 radical (unpaired) electrons. The van der Waals surface area contributed by atoms with E-state index < -0.39 is 0 Å². The Bertz CT molecular complexity index is 252. The Morgan fingerprint density at radius 2 is 1.43 bits per heavy atom. The van der Waals surface area contributed by atoms with Crippen molar-refractivity contribution < 1.29 is 4.74 Å². The summed E-state index contributed by atoms with van der Waals surface area (Å²) in [5, 5.41) is 3.79. The van der Waals surface area contributed by atoms with E-state index in [2.05, 4.69) is 12.2 Å². The summed E-state index contributed by atoms with van der Waals surface area (Å²) < 4.78 is 6.36. The van der Waals surface area contributed by atoms with E-state index in [0.717, 1.165) is 19.1 Å². The molecule has 2 aliphatic rings. The zero-order valence-electron chi connectivity index (χ0n) is 14.2. The molecule has 0 aromatic rings. The second-order valence-electron chi connectivity index (χ2n) is 7.28. The highest BCUT2D eigenvalue weighted by Crippen LogP contribution is 2.30. The first kappa shape index (κ1) is 17.3. The lowest BCUT2D eigenvalue weighted by molar-refractivity contribution is 0.0103. The maximum absolute atomic E-state index is 6.36. The Hall–Kier alpha value is -0.0800. The van der Waals surface area contributed by atoms with Crippen LogP contribution in [0.1, 0.15) is 90.4 Å². The Balaban J connectivity index is 1.83. The van der Waals surface area contributed by atoms with Gasteiger partial charge in [-0.25, -0.2) is 0 Å². The van der Waals surface area contributed by atoms with Gasteiger partial charge in [0.05, 0.1) is 6.10 Å². The molecule has 0 heterocycles. The maximum atomic E-state index is 6.36. The van der Waals surface area contributed by atoms with Crippen LogP contribution in [0.15, 0.2) is 0 Å². The summed E-state index contributed by atoms with van der Waals surface area (Å²) in [6, 6.07) is 0.600. The molecule has 0 bridgehead atoms. The standard InChI is InChI=1S/C19H37NO/c1-2-15-20-18-11-9-7-5-3-4-6-8-10-12-19(18)21-16-17-13-14-17/h17-20H,2-16H2,1H3. The highest BCUT2D eigenvalue weighted by atomic mass is 16.5. The summed E-state index contributed by atoms with van der Waals surface area (Å²) in [6.07, 6.45) is 18.4. The van der Waals surface area contributed by atoms with Crippen molar-refractivity contribution in [2.75, 3.05) is 13.2 Å². The molecule has 0 aromatic carbocycles. The third kappa shape index (κ3) is 7.65. The zero-order chi connectivity index (χ0) is 14.8. The minimum Gasteiger partial charge on any atom is -0.376 e. The van der Waals surface area contributed by atoms with Gasteiger partial charge in [0.2, 0.25) is 0 Å². The minimum atomic E-state index is 0.469. The van der Waals surface area contributed by atoms with Gasteiger partial charge >= 0.3 is 0 Å². The molecule has 2 heteroatoms. The maximum Gasteiger partial charge on any atom is 0.0728 e. The lowest BCUT2D eigenvalue weighted by Gasteiger charge is -2.29. The van der Waals surface area contributed by atoms with Crippen molar-refractivity contribution in [3.8, 4) is 0 Å². The van der Waals surface area contributed by atoms with Crippen LogP contribution in [0.3, 0.4) is 0 Å². The van der Waals surface area contributed by atoms with Gasteiger partial charge in [-0.3, -0.25) is 0 Å². The molecule has 0 aromatic heterocycles. The molecule has 0 spiro atoms. The second kappa shape index (κ2) is 10.6. The van der Waals surface area contributed by atoms with Gasteiger partial charge < -0.3 is 10.1 Å². The van der Waals surface area contributed by atoms with Crippen LogP contribution < -0.4 is 5.32 Å². The van der Waals surface area contributed by atoms with Crippen LogP contribution in [0.25, 0.3) is 0 Å². The van der Waals surface area contributed by atoms with E-state index in [1.54, 1.807) is 0 Å². The molecule has 2 rings (SSSR count). The van der Waals surface area contributed by atoms with Crippen LogP contribution in [-0.4, -0.2) is 25.3 Å². The van der Waals surface area contributed by atoms with Crippen molar-refractivity contribution in [1.82, 2.24) is 5.32 Å². The minimum absolute atomic E-state index is 0.469. The predicted octanol–water partition coefficient (Wildman–Crippen LogP) is 5.06. The van der Waals surface area contributed by atoms with Gasteiger partial charge in [-0.1, -0.05) is 58.3 Å². The van der Waals surface area contributed by atoms with Crippen molar-refractivity contribution in [1.29, 1.82) is 0 Å². The monoisotopic (exact) mass is 295 g/mol. The summed E-state index contributed by atoms with van der Waals surface area (Å²) in [5.41, 5.74) is 0. The molecule has 124 valence electrons. The average Bonchev–Trinajstić information content (AvgIpc) is 3.30. The number of rotatable bonds is 6. The molecule has 2 unspecified atom stereocenters. The molecule has 2 fully saturated rings. The van der Waals surface area contributed by atoms with Gasteiger partial charge in [-0.05, 0) is 44.6 Å². The molecule has 0 aliphatic heterocycles. The van der Waals surface area contributed by atoms with E-state index in [1.807, 2.05) is 0 Å². The molecule has 1 N–H and O–H groups in total. The molecule has 2 aliphatic carbocycles. The Morgan fingerprint density at radius 1 is 0.810 bits per heavy atom. The van der Waals surface area contributed by atoms with Gasteiger partial charge in [0.1, 0.15) is 0 Å².